The molecule has 6 heteroatoms. The topological polar surface area (TPSA) is 44.4 Å². The first-order chi connectivity index (χ1) is 9.68. The molecule has 0 aromatic heterocycles. The number of nitrogens with one attached hydrogen (secondary N) is 2. The average molecular weight is 316 g/mol. The molecule has 0 radical (unpaired) electrons. The van der Waals surface area contributed by atoms with Crippen molar-refractivity contribution in [3.05, 3.63) is 33.8 Å². The Bertz CT molecular complexity index is 441. The van der Waals surface area contributed by atoms with Crippen LogP contribution in [0.25, 0.3) is 0 Å². The average Bonchev–Trinajstić information content (AvgIpc) is 2.44. The van der Waals surface area contributed by atoms with Crippen molar-refractivity contribution in [3.63, 3.8) is 0 Å². The van der Waals surface area contributed by atoms with Gasteiger partial charge in [0.05, 0.1) is 15.6 Å². The molecule has 2 rings (SSSR count). The summed E-state index contributed by atoms with van der Waals surface area (Å²) in [5.41, 5.74) is 0.359. The Morgan fingerprint density at radius 2 is 1.90 bits per heavy atom. The monoisotopic (exact) mass is 315 g/mol. The molecule has 1 heterocycles. The van der Waals surface area contributed by atoms with Gasteiger partial charge in [-0.1, -0.05) is 29.3 Å². The van der Waals surface area contributed by atoms with E-state index in [2.05, 4.69) is 15.5 Å². The molecule has 1 aliphatic heterocycles. The Hall–Kier alpha value is -0.810. The van der Waals surface area contributed by atoms with E-state index in [9.17, 15) is 4.79 Å². The van der Waals surface area contributed by atoms with Gasteiger partial charge < -0.3 is 15.5 Å². The molecule has 0 spiro atoms. The van der Waals surface area contributed by atoms with Crippen LogP contribution in [0.5, 0.6) is 0 Å². The van der Waals surface area contributed by atoms with Crippen LogP contribution in [-0.2, 0) is 0 Å². The zero-order chi connectivity index (χ0) is 14.4. The fourth-order valence-electron chi connectivity index (χ4n) is 2.24. The van der Waals surface area contributed by atoms with E-state index in [4.69, 9.17) is 23.2 Å². The lowest BCUT2D eigenvalue weighted by Crippen LogP contribution is -2.44. The maximum absolute atomic E-state index is 12.0. The lowest BCUT2D eigenvalue weighted by atomic mass is 10.2. The molecule has 1 amide bonds. The van der Waals surface area contributed by atoms with Gasteiger partial charge in [0.2, 0.25) is 0 Å². The van der Waals surface area contributed by atoms with Gasteiger partial charge in [-0.2, -0.15) is 0 Å². The van der Waals surface area contributed by atoms with E-state index in [1.807, 2.05) is 0 Å². The fraction of sp³-hybridized carbons (Fsp3) is 0.500. The summed E-state index contributed by atoms with van der Waals surface area (Å²) in [7, 11) is 0. The molecule has 0 aliphatic carbocycles. The predicted molar refractivity (Wildman–Crippen MR) is 82.7 cm³/mol. The molecule has 0 saturated carbocycles. The highest BCUT2D eigenvalue weighted by atomic mass is 35.5. The van der Waals surface area contributed by atoms with Gasteiger partial charge in [-0.15, -0.1) is 0 Å². The molecular formula is C14H19Cl2N3O. The molecule has 2 N–H and O–H groups in total. The van der Waals surface area contributed by atoms with E-state index in [1.165, 1.54) is 0 Å². The van der Waals surface area contributed by atoms with Crippen molar-refractivity contribution >= 4 is 29.1 Å². The molecule has 1 fully saturated rings. The molecule has 1 saturated heterocycles. The highest BCUT2D eigenvalue weighted by molar-refractivity contribution is 6.39. The number of hydrogen-bond donors (Lipinski definition) is 2. The number of nitrogens with zero attached hydrogens (tertiary/aromatic N) is 1. The summed E-state index contributed by atoms with van der Waals surface area (Å²) in [4.78, 5) is 14.4. The number of carbonyl (C=O) groups excluding carboxylic acids is 1. The Morgan fingerprint density at radius 3 is 2.55 bits per heavy atom. The highest BCUT2D eigenvalue weighted by Gasteiger charge is 2.14. The lowest BCUT2D eigenvalue weighted by Gasteiger charge is -2.27. The number of benzene rings is 1. The van der Waals surface area contributed by atoms with Crippen LogP contribution in [-0.4, -0.2) is 50.1 Å². The molecule has 20 heavy (non-hydrogen) atoms. The van der Waals surface area contributed by atoms with Crippen molar-refractivity contribution in [3.8, 4) is 0 Å². The maximum Gasteiger partial charge on any atom is 0.254 e. The standard InChI is InChI=1S/C14H19Cl2N3O/c15-11-3-1-4-12(16)13(11)14(20)18-5-2-8-19-9-6-17-7-10-19/h1,3-4,17H,2,5-10H2,(H,18,20). The Morgan fingerprint density at radius 1 is 1.25 bits per heavy atom. The summed E-state index contributed by atoms with van der Waals surface area (Å²) in [5.74, 6) is -0.207. The third-order valence-electron chi connectivity index (χ3n) is 3.34. The first-order valence-corrected chi connectivity index (χ1v) is 7.59. The zero-order valence-corrected chi connectivity index (χ0v) is 12.8. The summed E-state index contributed by atoms with van der Waals surface area (Å²) in [6.45, 7) is 5.86. The largest absolute Gasteiger partial charge is 0.352 e. The zero-order valence-electron chi connectivity index (χ0n) is 11.3. The van der Waals surface area contributed by atoms with Crippen molar-refractivity contribution in [1.82, 2.24) is 15.5 Å². The number of amides is 1. The van der Waals surface area contributed by atoms with E-state index < -0.39 is 0 Å². The quantitative estimate of drug-likeness (QED) is 0.817. The summed E-state index contributed by atoms with van der Waals surface area (Å²) in [6, 6.07) is 5.07. The number of rotatable bonds is 5. The van der Waals surface area contributed by atoms with Crippen molar-refractivity contribution in [1.29, 1.82) is 0 Å². The number of hydrogen-bond acceptors (Lipinski definition) is 3. The SMILES string of the molecule is O=C(NCCCN1CCNCC1)c1c(Cl)cccc1Cl. The number of piperazine rings is 1. The van der Waals surface area contributed by atoms with Gasteiger partial charge in [0.15, 0.2) is 0 Å². The van der Waals surface area contributed by atoms with Crippen LogP contribution in [0.3, 0.4) is 0 Å². The van der Waals surface area contributed by atoms with Gasteiger partial charge in [0, 0.05) is 32.7 Å². The second-order valence-corrected chi connectivity index (χ2v) is 5.61. The van der Waals surface area contributed by atoms with E-state index in [-0.39, 0.29) is 5.91 Å². The Balaban J connectivity index is 1.75. The Kier molecular flexibility index (Phi) is 6.10. The summed E-state index contributed by atoms with van der Waals surface area (Å²) in [5, 5.41) is 6.96. The molecular weight excluding hydrogens is 297 g/mol. The lowest BCUT2D eigenvalue weighted by molar-refractivity contribution is 0.0951. The van der Waals surface area contributed by atoms with E-state index in [1.54, 1.807) is 18.2 Å². The molecule has 0 unspecified atom stereocenters. The van der Waals surface area contributed by atoms with Gasteiger partial charge in [-0.05, 0) is 25.1 Å². The van der Waals surface area contributed by atoms with Crippen LogP contribution in [0.15, 0.2) is 18.2 Å². The van der Waals surface area contributed by atoms with E-state index in [0.717, 1.165) is 39.1 Å². The predicted octanol–water partition coefficient (Wildman–Crippen LogP) is 2.02. The first kappa shape index (κ1) is 15.6. The minimum absolute atomic E-state index is 0.207. The van der Waals surface area contributed by atoms with E-state index >= 15 is 0 Å². The molecule has 1 aromatic rings. The van der Waals surface area contributed by atoms with Crippen LogP contribution in [0.1, 0.15) is 16.8 Å². The van der Waals surface area contributed by atoms with Gasteiger partial charge >= 0.3 is 0 Å². The third kappa shape index (κ3) is 4.35. The summed E-state index contributed by atoms with van der Waals surface area (Å²) < 4.78 is 0. The fourth-order valence-corrected chi connectivity index (χ4v) is 2.81. The van der Waals surface area contributed by atoms with E-state index in [0.29, 0.717) is 22.2 Å². The van der Waals surface area contributed by atoms with Crippen molar-refractivity contribution < 1.29 is 4.79 Å². The molecule has 1 aromatic carbocycles. The van der Waals surface area contributed by atoms with Crippen LogP contribution in [0, 0.1) is 0 Å². The minimum atomic E-state index is -0.207. The van der Waals surface area contributed by atoms with Crippen molar-refractivity contribution in [2.75, 3.05) is 39.3 Å². The van der Waals surface area contributed by atoms with Gasteiger partial charge in [-0.3, -0.25) is 4.79 Å². The maximum atomic E-state index is 12.0. The third-order valence-corrected chi connectivity index (χ3v) is 3.97. The second-order valence-electron chi connectivity index (χ2n) is 4.80. The summed E-state index contributed by atoms with van der Waals surface area (Å²) >= 11 is 12.0. The highest BCUT2D eigenvalue weighted by Crippen LogP contribution is 2.23. The second kappa shape index (κ2) is 7.84. The number of halogens is 2. The molecule has 110 valence electrons. The van der Waals surface area contributed by atoms with Crippen LogP contribution in [0.4, 0.5) is 0 Å². The Labute approximate surface area is 129 Å². The smallest absolute Gasteiger partial charge is 0.254 e. The van der Waals surface area contributed by atoms with Crippen molar-refractivity contribution in [2.45, 2.75) is 6.42 Å². The van der Waals surface area contributed by atoms with Gasteiger partial charge in [0.25, 0.3) is 5.91 Å². The van der Waals surface area contributed by atoms with Crippen LogP contribution in [0.2, 0.25) is 10.0 Å². The molecule has 4 nitrogen and oxygen atoms in total. The summed E-state index contributed by atoms with van der Waals surface area (Å²) in [6.07, 6.45) is 0.924. The van der Waals surface area contributed by atoms with Crippen molar-refractivity contribution in [2.24, 2.45) is 0 Å². The minimum Gasteiger partial charge on any atom is -0.352 e. The van der Waals surface area contributed by atoms with Crippen LogP contribution < -0.4 is 10.6 Å². The van der Waals surface area contributed by atoms with Gasteiger partial charge in [0.1, 0.15) is 0 Å². The normalized spacial score (nSPS) is 16.1. The molecule has 1 aliphatic rings. The molecule has 0 bridgehead atoms. The number of carbonyl (C=O) groups is 1. The molecule has 0 atom stereocenters. The van der Waals surface area contributed by atoms with Gasteiger partial charge in [-0.25, -0.2) is 0 Å². The van der Waals surface area contributed by atoms with Crippen LogP contribution >= 0.6 is 23.2 Å². The first-order valence-electron chi connectivity index (χ1n) is 6.84.